The molecule has 2 fully saturated rings. The summed E-state index contributed by atoms with van der Waals surface area (Å²) in [6.07, 6.45) is 0.693. The number of nitrogens with zero attached hydrogens (tertiary/aromatic N) is 3. The predicted octanol–water partition coefficient (Wildman–Crippen LogP) is 0.160. The van der Waals surface area contributed by atoms with Gasteiger partial charge in [0.15, 0.2) is 0 Å². The molecule has 11 heteroatoms. The van der Waals surface area contributed by atoms with Crippen molar-refractivity contribution >= 4 is 38.1 Å². The second-order valence-corrected chi connectivity index (χ2v) is 11.4. The van der Waals surface area contributed by atoms with E-state index < -0.39 is 31.4 Å². The number of benzene rings is 1. The number of hydrogen-bond donors (Lipinski definition) is 0. The summed E-state index contributed by atoms with van der Waals surface area (Å²) in [5.74, 6) is -0.827. The van der Waals surface area contributed by atoms with Gasteiger partial charge in [0.1, 0.15) is 0 Å². The van der Waals surface area contributed by atoms with Crippen LogP contribution in [0.2, 0.25) is 0 Å². The van der Waals surface area contributed by atoms with E-state index in [1.165, 1.54) is 27.4 Å². The average Bonchev–Trinajstić information content (AvgIpc) is 2.77. The highest BCUT2D eigenvalue weighted by Crippen LogP contribution is 2.37. The number of carbonyl (C=O) groups is 2. The van der Waals surface area contributed by atoms with Gasteiger partial charge in [-0.25, -0.2) is 21.1 Å². The van der Waals surface area contributed by atoms with Gasteiger partial charge in [-0.2, -0.15) is 4.31 Å². The molecule has 0 aromatic heterocycles. The van der Waals surface area contributed by atoms with Gasteiger partial charge in [0.25, 0.3) is 0 Å². The first-order valence-electron chi connectivity index (χ1n) is 8.78. The average molecular weight is 430 g/mol. The number of anilines is 1. The third kappa shape index (κ3) is 3.42. The molecule has 0 spiro atoms. The second kappa shape index (κ2) is 6.82. The number of aryl methyl sites for hydroxylation is 1. The van der Waals surface area contributed by atoms with E-state index >= 15 is 0 Å². The lowest BCUT2D eigenvalue weighted by molar-refractivity contribution is -0.123. The van der Waals surface area contributed by atoms with E-state index in [1.54, 1.807) is 20.8 Å². The minimum atomic E-state index is -3.81. The van der Waals surface area contributed by atoms with Gasteiger partial charge in [0.2, 0.25) is 32.4 Å². The molecule has 0 atom stereocenters. The summed E-state index contributed by atoms with van der Waals surface area (Å²) >= 11 is 0. The van der Waals surface area contributed by atoms with Crippen molar-refractivity contribution in [2.45, 2.75) is 25.7 Å². The van der Waals surface area contributed by atoms with Crippen LogP contribution in [0.25, 0.3) is 0 Å². The molecule has 2 aliphatic rings. The lowest BCUT2D eigenvalue weighted by Gasteiger charge is -2.32. The largest absolute Gasteiger partial charge is 0.343 e. The Morgan fingerprint density at radius 1 is 1.11 bits per heavy atom. The monoisotopic (exact) mass is 429 g/mol. The molecule has 0 radical (unpaired) electrons. The minimum absolute atomic E-state index is 0.0547. The Hall–Kier alpha value is -1.98. The molecule has 2 heterocycles. The van der Waals surface area contributed by atoms with E-state index in [0.717, 1.165) is 4.31 Å². The van der Waals surface area contributed by atoms with Gasteiger partial charge in [-0.1, -0.05) is 0 Å². The fourth-order valence-electron chi connectivity index (χ4n) is 3.50. The Labute approximate surface area is 165 Å². The van der Waals surface area contributed by atoms with Crippen molar-refractivity contribution in [3.63, 3.8) is 0 Å². The molecule has 154 valence electrons. The van der Waals surface area contributed by atoms with Crippen LogP contribution in [0.15, 0.2) is 23.1 Å². The molecule has 1 aromatic carbocycles. The van der Waals surface area contributed by atoms with E-state index in [2.05, 4.69) is 0 Å². The fourth-order valence-corrected chi connectivity index (χ4v) is 7.23. The van der Waals surface area contributed by atoms with Crippen LogP contribution in [0.1, 0.15) is 19.4 Å². The molecule has 0 bridgehead atoms. The summed E-state index contributed by atoms with van der Waals surface area (Å²) in [6.45, 7) is 5.71. The fraction of sp³-hybridized carbons (Fsp3) is 0.529. The molecule has 2 aliphatic heterocycles. The highest BCUT2D eigenvalue weighted by Gasteiger charge is 2.50. The lowest BCUT2D eigenvalue weighted by Crippen LogP contribution is -2.48. The molecule has 0 N–H and O–H groups in total. The van der Waals surface area contributed by atoms with Gasteiger partial charge in [0.05, 0.1) is 21.8 Å². The molecule has 9 nitrogen and oxygen atoms in total. The van der Waals surface area contributed by atoms with E-state index in [0.29, 0.717) is 25.1 Å². The van der Waals surface area contributed by atoms with Gasteiger partial charge < -0.3 is 4.90 Å². The summed E-state index contributed by atoms with van der Waals surface area (Å²) in [4.78, 5) is 24.9. The molecule has 28 heavy (non-hydrogen) atoms. The molecule has 0 aliphatic carbocycles. The quantitative estimate of drug-likeness (QED) is 0.630. The minimum Gasteiger partial charge on any atom is -0.343 e. The standard InChI is InChI=1S/C17H23N3O6S2/c1-13-10-14(20-16(22)17(2,3)11-27(20,23)24)4-5-15(13)28(25,26)19-8-6-18(12-21)7-9-19/h4-5,10,12H,6-9,11H2,1-3H3. The van der Waals surface area contributed by atoms with Crippen LogP contribution in [0.3, 0.4) is 0 Å². The zero-order chi connectivity index (χ0) is 20.9. The van der Waals surface area contributed by atoms with Gasteiger partial charge in [-0.3, -0.25) is 9.59 Å². The Morgan fingerprint density at radius 3 is 2.18 bits per heavy atom. The summed E-state index contributed by atoms with van der Waals surface area (Å²) < 4.78 is 52.8. The van der Waals surface area contributed by atoms with Crippen LogP contribution in [-0.4, -0.2) is 70.3 Å². The van der Waals surface area contributed by atoms with Crippen LogP contribution in [0, 0.1) is 12.3 Å². The maximum atomic E-state index is 13.0. The third-order valence-corrected chi connectivity index (χ3v) is 9.10. The van der Waals surface area contributed by atoms with Crippen LogP contribution >= 0.6 is 0 Å². The highest BCUT2D eigenvalue weighted by atomic mass is 32.2. The Bertz CT molecular complexity index is 1020. The summed E-state index contributed by atoms with van der Waals surface area (Å²) in [5, 5.41) is 0. The number of rotatable bonds is 4. The van der Waals surface area contributed by atoms with Crippen molar-refractivity contribution < 1.29 is 26.4 Å². The number of carbonyl (C=O) groups excluding carboxylic acids is 2. The zero-order valence-electron chi connectivity index (χ0n) is 16.0. The van der Waals surface area contributed by atoms with Crippen molar-refractivity contribution in [3.05, 3.63) is 23.8 Å². The molecule has 1 aromatic rings. The number of piperazine rings is 1. The molecule has 2 amide bonds. The first-order valence-corrected chi connectivity index (χ1v) is 11.8. The Balaban J connectivity index is 1.93. The van der Waals surface area contributed by atoms with E-state index in [-0.39, 0.29) is 29.4 Å². The van der Waals surface area contributed by atoms with Gasteiger partial charge in [-0.05, 0) is 44.5 Å². The van der Waals surface area contributed by atoms with Gasteiger partial charge in [-0.15, -0.1) is 0 Å². The van der Waals surface area contributed by atoms with Crippen LogP contribution in [-0.2, 0) is 29.6 Å². The number of amides is 2. The Morgan fingerprint density at radius 2 is 1.71 bits per heavy atom. The summed E-state index contributed by atoms with van der Waals surface area (Å²) in [5.41, 5.74) is -0.545. The van der Waals surface area contributed by atoms with Gasteiger partial charge >= 0.3 is 0 Å². The van der Waals surface area contributed by atoms with Crippen LogP contribution < -0.4 is 4.31 Å². The third-order valence-electron chi connectivity index (χ3n) is 5.02. The van der Waals surface area contributed by atoms with Crippen molar-refractivity contribution in [3.8, 4) is 0 Å². The molecule has 3 rings (SSSR count). The molecular weight excluding hydrogens is 406 g/mol. The topological polar surface area (TPSA) is 112 Å². The van der Waals surface area contributed by atoms with E-state index in [9.17, 15) is 26.4 Å². The zero-order valence-corrected chi connectivity index (χ0v) is 17.6. The van der Waals surface area contributed by atoms with Crippen LogP contribution in [0.5, 0.6) is 0 Å². The number of hydrogen-bond acceptors (Lipinski definition) is 6. The van der Waals surface area contributed by atoms with Crippen molar-refractivity contribution in [1.29, 1.82) is 0 Å². The normalized spacial score (nSPS) is 22.5. The van der Waals surface area contributed by atoms with Crippen LogP contribution in [0.4, 0.5) is 5.69 Å². The molecule has 2 saturated heterocycles. The van der Waals surface area contributed by atoms with E-state index in [4.69, 9.17) is 0 Å². The summed E-state index contributed by atoms with van der Waals surface area (Å²) in [7, 11) is -7.60. The van der Waals surface area contributed by atoms with Crippen molar-refractivity contribution in [2.24, 2.45) is 5.41 Å². The van der Waals surface area contributed by atoms with Gasteiger partial charge in [0, 0.05) is 26.2 Å². The smallest absolute Gasteiger partial charge is 0.247 e. The SMILES string of the molecule is Cc1cc(N2C(=O)C(C)(C)CS2(=O)=O)ccc1S(=O)(=O)N1CCN(C=O)CC1. The van der Waals surface area contributed by atoms with E-state index in [1.807, 2.05) is 0 Å². The maximum absolute atomic E-state index is 13.0. The maximum Gasteiger partial charge on any atom is 0.247 e. The first-order chi connectivity index (χ1) is 12.9. The summed E-state index contributed by atoms with van der Waals surface area (Å²) in [6, 6.07) is 4.09. The first kappa shape index (κ1) is 20.7. The van der Waals surface area contributed by atoms with Crippen molar-refractivity contribution in [2.75, 3.05) is 36.2 Å². The second-order valence-electron chi connectivity index (χ2n) is 7.70. The number of sulfonamides is 2. The Kier molecular flexibility index (Phi) is 5.05. The molecule has 0 saturated carbocycles. The lowest BCUT2D eigenvalue weighted by atomic mass is 9.95. The highest BCUT2D eigenvalue weighted by molar-refractivity contribution is 7.94. The van der Waals surface area contributed by atoms with Crippen molar-refractivity contribution in [1.82, 2.24) is 9.21 Å². The molecular formula is C17H23N3O6S2. The molecule has 0 unspecified atom stereocenters. The predicted molar refractivity (Wildman–Crippen MR) is 103 cm³/mol.